The molecule has 1 aromatic carbocycles. The van der Waals surface area contributed by atoms with Gasteiger partial charge in [-0.2, -0.15) is 0 Å². The minimum Gasteiger partial charge on any atom is -0.341 e. The molecule has 3 heterocycles. The highest BCUT2D eigenvalue weighted by Gasteiger charge is 2.20. The monoisotopic (exact) mass is 377 g/mol. The zero-order chi connectivity index (χ0) is 19.5. The molecule has 2 aromatic rings. The fraction of sp³-hybridized carbons (Fsp3) is 0.458. The molecule has 2 aliphatic heterocycles. The first-order valence-corrected chi connectivity index (χ1v) is 10.5. The quantitative estimate of drug-likeness (QED) is 0.797. The van der Waals surface area contributed by atoms with E-state index in [0.717, 1.165) is 51.0 Å². The highest BCUT2D eigenvalue weighted by Crippen LogP contribution is 2.28. The van der Waals surface area contributed by atoms with Crippen LogP contribution >= 0.6 is 0 Å². The number of nitrogens with zero attached hydrogens (tertiary/aromatic N) is 3. The third-order valence-corrected chi connectivity index (χ3v) is 6.19. The van der Waals surface area contributed by atoms with Gasteiger partial charge in [-0.15, -0.1) is 0 Å². The number of hydrogen-bond donors (Lipinski definition) is 0. The summed E-state index contributed by atoms with van der Waals surface area (Å²) in [5, 5.41) is 1.23. The average Bonchev–Trinajstić information content (AvgIpc) is 2.99. The summed E-state index contributed by atoms with van der Waals surface area (Å²) in [6.07, 6.45) is 11.4. The Kier molecular flexibility index (Phi) is 5.67. The van der Waals surface area contributed by atoms with Gasteiger partial charge in [0, 0.05) is 48.3 Å². The molecule has 0 aliphatic carbocycles. The normalized spacial score (nSPS) is 18.8. The largest absolute Gasteiger partial charge is 0.341 e. The Morgan fingerprint density at radius 1 is 1.07 bits per heavy atom. The minimum atomic E-state index is 0.247. The first kappa shape index (κ1) is 19.0. The number of allylic oxidation sites excluding steroid dienone is 1. The predicted molar refractivity (Wildman–Crippen MR) is 116 cm³/mol. The molecule has 4 rings (SSSR count). The fourth-order valence-electron chi connectivity index (χ4n) is 4.38. The Morgan fingerprint density at radius 3 is 2.61 bits per heavy atom. The van der Waals surface area contributed by atoms with Crippen LogP contribution in [-0.2, 0) is 11.3 Å². The highest BCUT2D eigenvalue weighted by molar-refractivity contribution is 5.92. The number of carbonyl (C=O) groups excluding carboxylic acids is 1. The van der Waals surface area contributed by atoms with Gasteiger partial charge >= 0.3 is 0 Å². The number of piperidine rings is 1. The van der Waals surface area contributed by atoms with Crippen molar-refractivity contribution < 1.29 is 4.79 Å². The van der Waals surface area contributed by atoms with E-state index in [1.54, 1.807) is 0 Å². The zero-order valence-electron chi connectivity index (χ0n) is 17.2. The number of carbonyl (C=O) groups is 1. The maximum atomic E-state index is 12.9. The molecule has 28 heavy (non-hydrogen) atoms. The first-order valence-electron chi connectivity index (χ1n) is 10.5. The van der Waals surface area contributed by atoms with E-state index >= 15 is 0 Å². The second kappa shape index (κ2) is 8.36. The molecule has 2 aliphatic rings. The Bertz CT molecular complexity index is 915. The number of para-hydroxylation sites is 1. The smallest absolute Gasteiger partial charge is 0.242 e. The number of amides is 1. The summed E-state index contributed by atoms with van der Waals surface area (Å²) in [6.45, 7) is 6.53. The lowest BCUT2D eigenvalue weighted by Crippen LogP contribution is -2.37. The van der Waals surface area contributed by atoms with E-state index in [1.165, 1.54) is 28.6 Å². The van der Waals surface area contributed by atoms with E-state index in [4.69, 9.17) is 0 Å². The molecule has 0 spiro atoms. The van der Waals surface area contributed by atoms with Crippen LogP contribution < -0.4 is 0 Å². The Hall–Kier alpha value is -2.33. The summed E-state index contributed by atoms with van der Waals surface area (Å²) in [5.41, 5.74) is 4.97. The van der Waals surface area contributed by atoms with Gasteiger partial charge in [-0.3, -0.25) is 4.79 Å². The van der Waals surface area contributed by atoms with Crippen molar-refractivity contribution in [3.8, 4) is 0 Å². The van der Waals surface area contributed by atoms with Crippen molar-refractivity contribution in [2.75, 3.05) is 33.2 Å². The molecule has 0 N–H and O–H groups in total. The van der Waals surface area contributed by atoms with Gasteiger partial charge in [-0.25, -0.2) is 0 Å². The topological polar surface area (TPSA) is 28.5 Å². The van der Waals surface area contributed by atoms with Crippen molar-refractivity contribution in [2.24, 2.45) is 0 Å². The van der Waals surface area contributed by atoms with Crippen LogP contribution in [0.2, 0.25) is 0 Å². The van der Waals surface area contributed by atoms with E-state index in [9.17, 15) is 4.79 Å². The van der Waals surface area contributed by atoms with Gasteiger partial charge < -0.3 is 14.4 Å². The number of likely N-dealkylation sites (N-methyl/N-ethyl adjacent to an activating group) is 1. The molecule has 0 saturated carbocycles. The number of benzene rings is 1. The number of aromatic nitrogens is 1. The SMILES string of the molecule is Cc1c(/C=C/C2=CCN(C)CC2)c2ccccc2n1CC(=O)N1CCCCC1. The van der Waals surface area contributed by atoms with Gasteiger partial charge in [0.1, 0.15) is 6.54 Å². The molecule has 0 unspecified atom stereocenters. The summed E-state index contributed by atoms with van der Waals surface area (Å²) in [6, 6.07) is 8.46. The molecule has 0 bridgehead atoms. The molecule has 1 fully saturated rings. The second-order valence-corrected chi connectivity index (χ2v) is 8.17. The first-order chi connectivity index (χ1) is 13.6. The molecule has 0 atom stereocenters. The average molecular weight is 378 g/mol. The molecule has 1 amide bonds. The number of fused-ring (bicyclic) bond motifs is 1. The van der Waals surface area contributed by atoms with Crippen molar-refractivity contribution in [3.05, 3.63) is 53.2 Å². The van der Waals surface area contributed by atoms with Crippen molar-refractivity contribution >= 4 is 22.9 Å². The molecule has 4 nitrogen and oxygen atoms in total. The molecule has 148 valence electrons. The number of rotatable bonds is 4. The predicted octanol–water partition coefficient (Wildman–Crippen LogP) is 4.24. The molecular weight excluding hydrogens is 346 g/mol. The van der Waals surface area contributed by atoms with Crippen molar-refractivity contribution in [2.45, 2.75) is 39.2 Å². The standard InChI is InChI=1S/C24H31N3O/c1-19-21(11-10-20-12-16-25(2)17-13-20)22-8-4-5-9-23(22)27(19)18-24(28)26-14-6-3-7-15-26/h4-5,8-12H,3,6-7,13-18H2,1-2H3/b11-10+. The van der Waals surface area contributed by atoms with Gasteiger partial charge in [0.05, 0.1) is 0 Å². The van der Waals surface area contributed by atoms with Crippen LogP contribution in [0.25, 0.3) is 17.0 Å². The third kappa shape index (κ3) is 3.93. The van der Waals surface area contributed by atoms with Crippen LogP contribution in [0.5, 0.6) is 0 Å². The fourth-order valence-corrected chi connectivity index (χ4v) is 4.38. The van der Waals surface area contributed by atoms with Gasteiger partial charge in [0.15, 0.2) is 0 Å². The Balaban J connectivity index is 1.63. The molecular formula is C24H31N3O. The molecule has 4 heteroatoms. The summed E-state index contributed by atoms with van der Waals surface area (Å²) >= 11 is 0. The lowest BCUT2D eigenvalue weighted by atomic mass is 10.1. The van der Waals surface area contributed by atoms with Crippen LogP contribution in [0.3, 0.4) is 0 Å². The maximum Gasteiger partial charge on any atom is 0.242 e. The second-order valence-electron chi connectivity index (χ2n) is 8.17. The van der Waals surface area contributed by atoms with Crippen LogP contribution in [0.1, 0.15) is 36.9 Å². The van der Waals surface area contributed by atoms with E-state index in [-0.39, 0.29) is 5.91 Å². The van der Waals surface area contributed by atoms with Gasteiger partial charge in [-0.05, 0) is 51.3 Å². The summed E-state index contributed by atoms with van der Waals surface area (Å²) in [7, 11) is 2.16. The van der Waals surface area contributed by atoms with E-state index in [1.807, 2.05) is 4.90 Å². The van der Waals surface area contributed by atoms with E-state index in [2.05, 4.69) is 65.9 Å². The number of hydrogen-bond acceptors (Lipinski definition) is 2. The van der Waals surface area contributed by atoms with Crippen LogP contribution in [0, 0.1) is 6.92 Å². The van der Waals surface area contributed by atoms with E-state index in [0.29, 0.717) is 6.54 Å². The minimum absolute atomic E-state index is 0.247. The summed E-state index contributed by atoms with van der Waals surface area (Å²) in [4.78, 5) is 17.3. The molecule has 1 saturated heterocycles. The molecule has 1 aromatic heterocycles. The van der Waals surface area contributed by atoms with Gasteiger partial charge in [-0.1, -0.05) is 36.4 Å². The Morgan fingerprint density at radius 2 is 1.86 bits per heavy atom. The molecule has 0 radical (unpaired) electrons. The Labute approximate surface area is 168 Å². The van der Waals surface area contributed by atoms with Crippen molar-refractivity contribution in [3.63, 3.8) is 0 Å². The lowest BCUT2D eigenvalue weighted by Gasteiger charge is -2.27. The van der Waals surface area contributed by atoms with Crippen molar-refractivity contribution in [1.29, 1.82) is 0 Å². The third-order valence-electron chi connectivity index (χ3n) is 6.19. The zero-order valence-corrected chi connectivity index (χ0v) is 17.2. The maximum absolute atomic E-state index is 12.9. The van der Waals surface area contributed by atoms with Crippen LogP contribution in [0.15, 0.2) is 42.0 Å². The van der Waals surface area contributed by atoms with E-state index < -0.39 is 0 Å². The van der Waals surface area contributed by atoms with Gasteiger partial charge in [0.2, 0.25) is 5.91 Å². The van der Waals surface area contributed by atoms with Crippen LogP contribution in [0.4, 0.5) is 0 Å². The van der Waals surface area contributed by atoms with Crippen molar-refractivity contribution in [1.82, 2.24) is 14.4 Å². The lowest BCUT2D eigenvalue weighted by molar-refractivity contribution is -0.132. The summed E-state index contributed by atoms with van der Waals surface area (Å²) < 4.78 is 2.20. The number of likely N-dealkylation sites (tertiary alicyclic amines) is 1. The van der Waals surface area contributed by atoms with Crippen LogP contribution in [-0.4, -0.2) is 53.5 Å². The highest BCUT2D eigenvalue weighted by atomic mass is 16.2. The summed E-state index contributed by atoms with van der Waals surface area (Å²) in [5.74, 6) is 0.247. The van der Waals surface area contributed by atoms with Gasteiger partial charge in [0.25, 0.3) is 0 Å².